The van der Waals surface area contributed by atoms with Crippen molar-refractivity contribution in [2.24, 2.45) is 5.41 Å². The van der Waals surface area contributed by atoms with E-state index >= 15 is 0 Å². The van der Waals surface area contributed by atoms with Crippen LogP contribution in [0.2, 0.25) is 5.02 Å². The van der Waals surface area contributed by atoms with Crippen LogP contribution >= 0.6 is 27.5 Å². The van der Waals surface area contributed by atoms with Gasteiger partial charge in [-0.15, -0.1) is 0 Å². The van der Waals surface area contributed by atoms with Gasteiger partial charge in [-0.25, -0.2) is 4.39 Å². The van der Waals surface area contributed by atoms with E-state index in [1.807, 2.05) is 0 Å². The van der Waals surface area contributed by atoms with Crippen molar-refractivity contribution < 1.29 is 14.2 Å². The summed E-state index contributed by atoms with van der Waals surface area (Å²) < 4.78 is 18.6. The number of hydrogen-bond donors (Lipinski definition) is 2. The number of rotatable bonds is 4. The fraction of sp³-hybridized carbons (Fsp3) is 0.455. The second-order valence-corrected chi connectivity index (χ2v) is 5.51. The number of ether oxygens (including phenoxy) is 1. The molecule has 1 aromatic rings. The van der Waals surface area contributed by atoms with E-state index in [1.165, 1.54) is 6.07 Å². The Hall–Kier alpha value is -0.360. The lowest BCUT2D eigenvalue weighted by Gasteiger charge is -2.40. The van der Waals surface area contributed by atoms with Crippen molar-refractivity contribution in [1.82, 2.24) is 0 Å². The second-order valence-electron chi connectivity index (χ2n) is 4.25. The van der Waals surface area contributed by atoms with Crippen LogP contribution in [0.25, 0.3) is 0 Å². The molecule has 0 atom stereocenters. The normalized spacial score (nSPS) is 17.6. The highest BCUT2D eigenvalue weighted by Crippen LogP contribution is 2.31. The Morgan fingerprint density at radius 1 is 1.53 bits per heavy atom. The number of anilines is 1. The van der Waals surface area contributed by atoms with E-state index in [0.29, 0.717) is 34.9 Å². The van der Waals surface area contributed by atoms with Crippen LogP contribution in [0.3, 0.4) is 0 Å². The van der Waals surface area contributed by atoms with Crippen molar-refractivity contribution in [2.45, 2.75) is 0 Å². The van der Waals surface area contributed by atoms with Crippen molar-refractivity contribution >= 4 is 33.2 Å². The summed E-state index contributed by atoms with van der Waals surface area (Å²) in [6.07, 6.45) is 0. The fourth-order valence-corrected chi connectivity index (χ4v) is 2.14. The SMILES string of the molecule is OCC1(CNc2cc(Br)c(F)cc2Cl)COC1. The maximum absolute atomic E-state index is 13.2. The van der Waals surface area contributed by atoms with E-state index < -0.39 is 5.82 Å². The van der Waals surface area contributed by atoms with Gasteiger partial charge in [0, 0.05) is 6.54 Å². The van der Waals surface area contributed by atoms with Crippen LogP contribution in [-0.4, -0.2) is 31.5 Å². The Labute approximate surface area is 112 Å². The summed E-state index contributed by atoms with van der Waals surface area (Å²) >= 11 is 9.02. The van der Waals surface area contributed by atoms with E-state index in [2.05, 4.69) is 21.2 Å². The first-order chi connectivity index (χ1) is 8.06. The molecule has 1 aromatic carbocycles. The fourth-order valence-electron chi connectivity index (χ4n) is 1.58. The van der Waals surface area contributed by atoms with Crippen molar-refractivity contribution in [3.8, 4) is 0 Å². The monoisotopic (exact) mass is 323 g/mol. The molecule has 0 spiro atoms. The van der Waals surface area contributed by atoms with E-state index in [-0.39, 0.29) is 12.0 Å². The topological polar surface area (TPSA) is 41.5 Å². The number of aliphatic hydroxyl groups is 1. The molecule has 1 aliphatic heterocycles. The van der Waals surface area contributed by atoms with Gasteiger partial charge in [-0.05, 0) is 28.1 Å². The Bertz CT molecular complexity index is 421. The number of nitrogens with one attached hydrogen (secondary N) is 1. The summed E-state index contributed by atoms with van der Waals surface area (Å²) in [5, 5.41) is 12.7. The van der Waals surface area contributed by atoms with Gasteiger partial charge in [0.25, 0.3) is 0 Å². The maximum Gasteiger partial charge on any atom is 0.139 e. The number of hydrogen-bond acceptors (Lipinski definition) is 3. The Morgan fingerprint density at radius 2 is 2.24 bits per heavy atom. The van der Waals surface area contributed by atoms with Crippen molar-refractivity contribution in [2.75, 3.05) is 31.7 Å². The van der Waals surface area contributed by atoms with Gasteiger partial charge in [0.15, 0.2) is 0 Å². The van der Waals surface area contributed by atoms with Crippen molar-refractivity contribution in [1.29, 1.82) is 0 Å². The second kappa shape index (κ2) is 5.10. The molecule has 1 heterocycles. The zero-order valence-corrected chi connectivity index (χ0v) is 11.3. The van der Waals surface area contributed by atoms with Gasteiger partial charge < -0.3 is 15.2 Å². The van der Waals surface area contributed by atoms with Gasteiger partial charge in [0.05, 0.1) is 40.4 Å². The van der Waals surface area contributed by atoms with Crippen molar-refractivity contribution in [3.63, 3.8) is 0 Å². The smallest absolute Gasteiger partial charge is 0.139 e. The predicted octanol–water partition coefficient (Wildman–Crippen LogP) is 2.66. The van der Waals surface area contributed by atoms with E-state index in [4.69, 9.17) is 16.3 Å². The summed E-state index contributed by atoms with van der Waals surface area (Å²) in [7, 11) is 0. The Balaban J connectivity index is 2.06. The highest BCUT2D eigenvalue weighted by atomic mass is 79.9. The molecule has 0 saturated carbocycles. The Morgan fingerprint density at radius 3 is 2.76 bits per heavy atom. The molecule has 1 fully saturated rings. The molecule has 2 rings (SSSR count). The molecule has 17 heavy (non-hydrogen) atoms. The highest BCUT2D eigenvalue weighted by Gasteiger charge is 2.37. The first kappa shape index (κ1) is 13.1. The van der Waals surface area contributed by atoms with Gasteiger partial charge in [0.2, 0.25) is 0 Å². The third-order valence-electron chi connectivity index (χ3n) is 2.82. The molecule has 1 saturated heterocycles. The molecule has 0 amide bonds. The number of halogens is 3. The van der Waals surface area contributed by atoms with Crippen LogP contribution in [0.5, 0.6) is 0 Å². The summed E-state index contributed by atoms with van der Waals surface area (Å²) in [6, 6.07) is 2.83. The maximum atomic E-state index is 13.2. The zero-order valence-electron chi connectivity index (χ0n) is 8.97. The average Bonchev–Trinajstić information content (AvgIpc) is 2.24. The lowest BCUT2D eigenvalue weighted by atomic mass is 9.87. The zero-order chi connectivity index (χ0) is 12.5. The van der Waals surface area contributed by atoms with E-state index in [1.54, 1.807) is 6.07 Å². The lowest BCUT2D eigenvalue weighted by molar-refractivity contribution is -0.128. The summed E-state index contributed by atoms with van der Waals surface area (Å²) in [5.74, 6) is -0.399. The molecule has 94 valence electrons. The van der Waals surface area contributed by atoms with Crippen LogP contribution in [-0.2, 0) is 4.74 Å². The van der Waals surface area contributed by atoms with Gasteiger partial charge in [-0.1, -0.05) is 11.6 Å². The van der Waals surface area contributed by atoms with Crippen LogP contribution in [0, 0.1) is 11.2 Å². The molecule has 0 aromatic heterocycles. The molecule has 0 unspecified atom stereocenters. The first-order valence-electron chi connectivity index (χ1n) is 5.13. The minimum Gasteiger partial charge on any atom is -0.396 e. The van der Waals surface area contributed by atoms with Gasteiger partial charge in [-0.3, -0.25) is 0 Å². The molecule has 0 bridgehead atoms. The molecular weight excluding hydrogens is 312 g/mol. The first-order valence-corrected chi connectivity index (χ1v) is 6.30. The molecule has 1 aliphatic rings. The molecule has 6 heteroatoms. The minimum atomic E-state index is -0.399. The molecule has 0 radical (unpaired) electrons. The largest absolute Gasteiger partial charge is 0.396 e. The van der Waals surface area contributed by atoms with Crippen LogP contribution in [0.1, 0.15) is 0 Å². The summed E-state index contributed by atoms with van der Waals surface area (Å²) in [6.45, 7) is 1.65. The third kappa shape index (κ3) is 2.73. The molecular formula is C11H12BrClFNO2. The van der Waals surface area contributed by atoms with Crippen LogP contribution in [0.15, 0.2) is 16.6 Å². The van der Waals surface area contributed by atoms with Gasteiger partial charge >= 0.3 is 0 Å². The molecule has 2 N–H and O–H groups in total. The molecule has 3 nitrogen and oxygen atoms in total. The number of benzene rings is 1. The predicted molar refractivity (Wildman–Crippen MR) is 67.9 cm³/mol. The Kier molecular flexibility index (Phi) is 3.92. The lowest BCUT2D eigenvalue weighted by Crippen LogP contribution is -2.50. The molecule has 0 aliphatic carbocycles. The minimum absolute atomic E-state index is 0.0555. The van der Waals surface area contributed by atoms with Crippen LogP contribution in [0.4, 0.5) is 10.1 Å². The van der Waals surface area contributed by atoms with Crippen molar-refractivity contribution in [3.05, 3.63) is 27.4 Å². The standard InChI is InChI=1S/C11H12BrClFNO2/c12-7-1-10(8(13)2-9(7)14)15-3-11(4-16)5-17-6-11/h1-2,15-16H,3-6H2. The van der Waals surface area contributed by atoms with E-state index in [9.17, 15) is 9.50 Å². The third-order valence-corrected chi connectivity index (χ3v) is 3.74. The highest BCUT2D eigenvalue weighted by molar-refractivity contribution is 9.10. The van der Waals surface area contributed by atoms with Crippen LogP contribution < -0.4 is 5.32 Å². The number of aliphatic hydroxyl groups excluding tert-OH is 1. The summed E-state index contributed by atoms with van der Waals surface area (Å²) in [5.41, 5.74) is 0.393. The van der Waals surface area contributed by atoms with E-state index in [0.717, 1.165) is 0 Å². The van der Waals surface area contributed by atoms with Gasteiger partial charge in [0.1, 0.15) is 5.82 Å². The summed E-state index contributed by atoms with van der Waals surface area (Å²) in [4.78, 5) is 0. The van der Waals surface area contributed by atoms with Gasteiger partial charge in [-0.2, -0.15) is 0 Å². The average molecular weight is 325 g/mol. The quantitative estimate of drug-likeness (QED) is 0.837.